The van der Waals surface area contributed by atoms with E-state index in [-0.39, 0.29) is 27.8 Å². The summed E-state index contributed by atoms with van der Waals surface area (Å²) in [6, 6.07) is 17.5. The van der Waals surface area contributed by atoms with E-state index in [1.165, 1.54) is 36.4 Å². The van der Waals surface area contributed by atoms with Crippen molar-refractivity contribution < 1.29 is 23.1 Å². The Labute approximate surface area is 203 Å². The van der Waals surface area contributed by atoms with Gasteiger partial charge in [-0.3, -0.25) is 14.9 Å². The van der Waals surface area contributed by atoms with E-state index in [0.717, 1.165) is 0 Å². The van der Waals surface area contributed by atoms with Crippen LogP contribution in [-0.4, -0.2) is 35.4 Å². The second-order valence-electron chi connectivity index (χ2n) is 7.36. The van der Waals surface area contributed by atoms with E-state index in [1.54, 1.807) is 36.4 Å². The van der Waals surface area contributed by atoms with Gasteiger partial charge in [-0.15, -0.1) is 9.89 Å². The number of nitrogens with one attached hydrogen (secondary N) is 2. The molecule has 0 fully saturated rings. The summed E-state index contributed by atoms with van der Waals surface area (Å²) in [5.41, 5.74) is 2.44. The highest BCUT2D eigenvalue weighted by atomic mass is 35.5. The number of carbonyl (C=O) groups excluding carboxylic acids is 1. The van der Waals surface area contributed by atoms with E-state index >= 15 is 0 Å². The number of hydrogen-bond donors (Lipinski definition) is 3. The summed E-state index contributed by atoms with van der Waals surface area (Å²) in [5.74, 6) is -0.593. The van der Waals surface area contributed by atoms with Crippen LogP contribution in [0.1, 0.15) is 5.56 Å². The van der Waals surface area contributed by atoms with Gasteiger partial charge in [0, 0.05) is 16.1 Å². The fourth-order valence-electron chi connectivity index (χ4n) is 3.33. The lowest BCUT2D eigenvalue weighted by Gasteiger charge is -2.13. The molecule has 35 heavy (non-hydrogen) atoms. The lowest BCUT2D eigenvalue weighted by atomic mass is 10.1. The number of benzene rings is 3. The molecule has 12 heteroatoms. The van der Waals surface area contributed by atoms with Crippen LogP contribution >= 0.6 is 11.6 Å². The summed E-state index contributed by atoms with van der Waals surface area (Å²) in [6.07, 6.45) is -1.40. The van der Waals surface area contributed by atoms with Crippen LogP contribution in [-0.2, 0) is 21.1 Å². The Kier molecular flexibility index (Phi) is 6.54. The number of halogens is 1. The van der Waals surface area contributed by atoms with E-state index in [0.29, 0.717) is 15.4 Å². The van der Waals surface area contributed by atoms with Gasteiger partial charge >= 0.3 is 6.09 Å². The van der Waals surface area contributed by atoms with Gasteiger partial charge in [0.15, 0.2) is 5.03 Å². The van der Waals surface area contributed by atoms with Gasteiger partial charge in [-0.2, -0.15) is 0 Å². The van der Waals surface area contributed by atoms with E-state index in [1.807, 2.05) is 0 Å². The summed E-state index contributed by atoms with van der Waals surface area (Å²) < 4.78 is 26.8. The number of hydrogen-bond acceptors (Lipinski definition) is 6. The molecule has 0 spiro atoms. The third-order valence-corrected chi connectivity index (χ3v) is 6.91. The van der Waals surface area contributed by atoms with E-state index in [9.17, 15) is 22.8 Å². The van der Waals surface area contributed by atoms with Crippen molar-refractivity contribution in [3.05, 3.63) is 93.7 Å². The monoisotopic (exact) mass is 512 g/mol. The summed E-state index contributed by atoms with van der Waals surface area (Å²) >= 11 is 5.85. The standard InChI is InChI=1S/C23H17ClN4O6S/c24-15-7-5-14(6-8-15)13-20(29)26-28-22(30)19-4-2-1-3-18(19)21(27-28)35(33,34)17-11-9-16(10-12-17)25-23(31)32/h1-12,25H,13H2,(H,26,29)(H,31,32). The van der Waals surface area contributed by atoms with Crippen molar-refractivity contribution in [2.75, 3.05) is 10.7 Å². The Morgan fingerprint density at radius 3 is 2.20 bits per heavy atom. The first-order valence-electron chi connectivity index (χ1n) is 10.1. The first-order chi connectivity index (χ1) is 16.6. The topological polar surface area (TPSA) is 147 Å². The molecule has 3 N–H and O–H groups in total. The highest BCUT2D eigenvalue weighted by Crippen LogP contribution is 2.26. The number of rotatable bonds is 6. The van der Waals surface area contributed by atoms with Crippen LogP contribution in [0.2, 0.25) is 5.02 Å². The number of anilines is 1. The Bertz CT molecular complexity index is 1600. The summed E-state index contributed by atoms with van der Waals surface area (Å²) in [7, 11) is -4.26. The molecule has 0 saturated carbocycles. The molecule has 10 nitrogen and oxygen atoms in total. The number of fused-ring (bicyclic) bond motifs is 1. The second-order valence-corrected chi connectivity index (χ2v) is 9.67. The third kappa shape index (κ3) is 5.15. The quantitative estimate of drug-likeness (QED) is 0.359. The molecule has 0 aliphatic rings. The number of amides is 2. The van der Waals surface area contributed by atoms with Crippen LogP contribution in [0.4, 0.5) is 10.5 Å². The number of carboxylic acid groups (broad SMARTS) is 1. The highest BCUT2D eigenvalue weighted by molar-refractivity contribution is 7.91. The van der Waals surface area contributed by atoms with Gasteiger partial charge in [0.25, 0.3) is 5.56 Å². The molecule has 4 rings (SSSR count). The molecule has 0 saturated heterocycles. The van der Waals surface area contributed by atoms with Crippen LogP contribution < -0.4 is 16.3 Å². The Morgan fingerprint density at radius 2 is 1.57 bits per heavy atom. The molecule has 3 aromatic carbocycles. The SMILES string of the molecule is O=C(O)Nc1ccc(S(=O)(=O)c2nn(NC(=O)Cc3ccc(Cl)cc3)c(=O)c3ccccc23)cc1. The molecule has 4 aromatic rings. The van der Waals surface area contributed by atoms with E-state index < -0.39 is 32.4 Å². The normalized spacial score (nSPS) is 11.2. The van der Waals surface area contributed by atoms with Gasteiger partial charge < -0.3 is 5.11 Å². The van der Waals surface area contributed by atoms with Gasteiger partial charge in [0.1, 0.15) is 0 Å². The minimum absolute atomic E-state index is 0.0389. The number of nitrogens with zero attached hydrogens (tertiary/aromatic N) is 2. The van der Waals surface area contributed by atoms with Gasteiger partial charge in [-0.05, 0) is 48.0 Å². The average Bonchev–Trinajstić information content (AvgIpc) is 2.82. The number of sulfone groups is 1. The summed E-state index contributed by atoms with van der Waals surface area (Å²) in [4.78, 5) is 36.7. The van der Waals surface area contributed by atoms with E-state index in [2.05, 4.69) is 15.8 Å². The zero-order valence-corrected chi connectivity index (χ0v) is 19.4. The van der Waals surface area contributed by atoms with Gasteiger partial charge in [-0.25, -0.2) is 18.6 Å². The molecule has 0 radical (unpaired) electrons. The molecule has 0 aliphatic heterocycles. The van der Waals surface area contributed by atoms with Crippen molar-refractivity contribution in [2.24, 2.45) is 0 Å². The van der Waals surface area contributed by atoms with Crippen LogP contribution in [0, 0.1) is 0 Å². The largest absolute Gasteiger partial charge is 0.465 e. The fraction of sp³-hybridized carbons (Fsp3) is 0.0435. The van der Waals surface area contributed by atoms with Gasteiger partial charge in [-0.1, -0.05) is 41.9 Å². The maximum absolute atomic E-state index is 13.4. The predicted molar refractivity (Wildman–Crippen MR) is 129 cm³/mol. The van der Waals surface area contributed by atoms with Crippen molar-refractivity contribution in [3.8, 4) is 0 Å². The lowest BCUT2D eigenvalue weighted by molar-refractivity contribution is -0.116. The molecule has 1 aromatic heterocycles. The smallest absolute Gasteiger partial charge is 0.409 e. The lowest BCUT2D eigenvalue weighted by Crippen LogP contribution is -2.37. The molecular weight excluding hydrogens is 496 g/mol. The summed E-state index contributed by atoms with van der Waals surface area (Å²) in [6.45, 7) is 0. The molecular formula is C23H17ClN4O6S. The number of aromatic nitrogens is 2. The highest BCUT2D eigenvalue weighted by Gasteiger charge is 2.25. The van der Waals surface area contributed by atoms with Crippen molar-refractivity contribution in [3.63, 3.8) is 0 Å². The Morgan fingerprint density at radius 1 is 0.943 bits per heavy atom. The molecule has 0 aliphatic carbocycles. The average molecular weight is 513 g/mol. The van der Waals surface area contributed by atoms with Crippen molar-refractivity contribution in [2.45, 2.75) is 16.3 Å². The first kappa shape index (κ1) is 23.9. The predicted octanol–water partition coefficient (Wildman–Crippen LogP) is 3.29. The zero-order valence-electron chi connectivity index (χ0n) is 17.8. The molecule has 0 bridgehead atoms. The van der Waals surface area contributed by atoms with Crippen LogP contribution in [0.5, 0.6) is 0 Å². The minimum Gasteiger partial charge on any atom is -0.465 e. The molecule has 178 valence electrons. The molecule has 2 amide bonds. The van der Waals surface area contributed by atoms with Gasteiger partial charge in [0.2, 0.25) is 15.7 Å². The van der Waals surface area contributed by atoms with Crippen molar-refractivity contribution in [1.82, 2.24) is 9.89 Å². The molecule has 1 heterocycles. The third-order valence-electron chi connectivity index (χ3n) is 4.95. The maximum Gasteiger partial charge on any atom is 0.409 e. The Balaban J connectivity index is 1.74. The minimum atomic E-state index is -4.26. The molecule has 0 unspecified atom stereocenters. The van der Waals surface area contributed by atoms with Crippen molar-refractivity contribution >= 4 is 49.9 Å². The van der Waals surface area contributed by atoms with Crippen LogP contribution in [0.25, 0.3) is 10.8 Å². The summed E-state index contributed by atoms with van der Waals surface area (Å²) in [5, 5.41) is 15.1. The first-order valence-corrected chi connectivity index (χ1v) is 11.9. The Hall–Kier alpha value is -4.22. The van der Waals surface area contributed by atoms with E-state index in [4.69, 9.17) is 16.7 Å². The maximum atomic E-state index is 13.4. The number of carbonyl (C=O) groups is 2. The fourth-order valence-corrected chi connectivity index (χ4v) is 4.83. The van der Waals surface area contributed by atoms with Crippen LogP contribution in [0.15, 0.2) is 87.5 Å². The van der Waals surface area contributed by atoms with Crippen molar-refractivity contribution in [1.29, 1.82) is 0 Å². The molecule has 0 atom stereocenters. The second kappa shape index (κ2) is 9.57. The zero-order chi connectivity index (χ0) is 25.2. The van der Waals surface area contributed by atoms with Gasteiger partial charge in [0.05, 0.1) is 16.7 Å². The van der Waals surface area contributed by atoms with Crippen LogP contribution in [0.3, 0.4) is 0 Å².